The summed E-state index contributed by atoms with van der Waals surface area (Å²) in [7, 11) is 0. The second-order valence-electron chi connectivity index (χ2n) is 3.36. The Kier molecular flexibility index (Phi) is 1.81. The Morgan fingerprint density at radius 2 is 2.14 bits per heavy atom. The summed E-state index contributed by atoms with van der Waals surface area (Å²) in [5, 5.41) is 9.39. The van der Waals surface area contributed by atoms with Gasteiger partial charge in [0, 0.05) is 4.88 Å². The maximum absolute atomic E-state index is 5.56. The van der Waals surface area contributed by atoms with Gasteiger partial charge in [-0.25, -0.2) is 0 Å². The van der Waals surface area contributed by atoms with Crippen LogP contribution in [0, 0.1) is 0 Å². The van der Waals surface area contributed by atoms with Gasteiger partial charge in [0.05, 0.1) is 4.88 Å². The summed E-state index contributed by atoms with van der Waals surface area (Å²) in [4.78, 5) is 2.75. The normalized spacial score (nSPS) is 14.6. The predicted molar refractivity (Wildman–Crippen MR) is 59.7 cm³/mol. The average Bonchev–Trinajstić information content (AvgIpc) is 2.75. The summed E-state index contributed by atoms with van der Waals surface area (Å²) in [5.74, 6) is 0. The van der Waals surface area contributed by atoms with Crippen molar-refractivity contribution in [3.8, 4) is 9.88 Å². The highest BCUT2D eigenvalue weighted by atomic mass is 32.1. The third kappa shape index (κ3) is 1.24. The van der Waals surface area contributed by atoms with Gasteiger partial charge in [0.1, 0.15) is 0 Å². The van der Waals surface area contributed by atoms with Crippen LogP contribution in [0.15, 0.2) is 6.07 Å². The van der Waals surface area contributed by atoms with Crippen LogP contribution in [0.2, 0.25) is 0 Å². The number of nitrogen functional groups attached to an aromatic ring is 1. The van der Waals surface area contributed by atoms with Crippen molar-refractivity contribution in [2.45, 2.75) is 19.3 Å². The van der Waals surface area contributed by atoms with E-state index in [0.29, 0.717) is 5.13 Å². The van der Waals surface area contributed by atoms with Gasteiger partial charge < -0.3 is 5.73 Å². The summed E-state index contributed by atoms with van der Waals surface area (Å²) < 4.78 is 0. The Labute approximate surface area is 89.6 Å². The van der Waals surface area contributed by atoms with E-state index in [4.69, 9.17) is 5.73 Å². The minimum Gasteiger partial charge on any atom is -0.374 e. The first kappa shape index (κ1) is 8.38. The summed E-state index contributed by atoms with van der Waals surface area (Å²) in [6.07, 6.45) is 3.76. The fourth-order valence-electron chi connectivity index (χ4n) is 1.77. The summed E-state index contributed by atoms with van der Waals surface area (Å²) in [6.45, 7) is 0. The van der Waals surface area contributed by atoms with Gasteiger partial charge in [-0.3, -0.25) is 0 Å². The lowest BCUT2D eigenvalue weighted by Crippen LogP contribution is -1.79. The minimum atomic E-state index is 0.550. The Morgan fingerprint density at radius 1 is 1.21 bits per heavy atom. The minimum absolute atomic E-state index is 0.550. The molecule has 0 radical (unpaired) electrons. The quantitative estimate of drug-likeness (QED) is 0.807. The van der Waals surface area contributed by atoms with Gasteiger partial charge in [-0.2, -0.15) is 0 Å². The van der Waals surface area contributed by atoms with Gasteiger partial charge in [-0.15, -0.1) is 21.5 Å². The lowest BCUT2D eigenvalue weighted by molar-refractivity contribution is 0.915. The summed E-state index contributed by atoms with van der Waals surface area (Å²) in [6, 6.07) is 2.24. The first-order valence-electron chi connectivity index (χ1n) is 4.54. The van der Waals surface area contributed by atoms with Crippen molar-refractivity contribution in [2.75, 3.05) is 5.73 Å². The molecule has 2 aromatic rings. The number of nitrogens with zero attached hydrogens (tertiary/aromatic N) is 2. The molecule has 14 heavy (non-hydrogen) atoms. The third-order valence-electron chi connectivity index (χ3n) is 2.40. The zero-order valence-corrected chi connectivity index (χ0v) is 9.12. The second kappa shape index (κ2) is 3.03. The molecule has 0 spiro atoms. The Hall–Kier alpha value is -0.940. The second-order valence-corrected chi connectivity index (χ2v) is 5.50. The fourth-order valence-corrected chi connectivity index (χ4v) is 3.67. The molecule has 72 valence electrons. The zero-order chi connectivity index (χ0) is 9.54. The number of aromatic nitrogens is 2. The SMILES string of the molecule is Nc1nnc(-c2cc3c(s2)CCC3)s1. The maximum atomic E-state index is 5.56. The Bertz CT molecular complexity index is 451. The predicted octanol–water partition coefficient (Wildman–Crippen LogP) is 2.34. The van der Waals surface area contributed by atoms with E-state index in [0.717, 1.165) is 5.01 Å². The number of aryl methyl sites for hydroxylation is 2. The molecular formula is C9H9N3S2. The number of anilines is 1. The van der Waals surface area contributed by atoms with E-state index in [1.165, 1.54) is 45.9 Å². The number of rotatable bonds is 1. The van der Waals surface area contributed by atoms with E-state index in [-0.39, 0.29) is 0 Å². The Balaban J connectivity index is 2.05. The van der Waals surface area contributed by atoms with Crippen molar-refractivity contribution in [1.82, 2.24) is 10.2 Å². The molecule has 0 aliphatic heterocycles. The summed E-state index contributed by atoms with van der Waals surface area (Å²) in [5.41, 5.74) is 7.06. The maximum Gasteiger partial charge on any atom is 0.203 e. The van der Waals surface area contributed by atoms with Crippen LogP contribution in [0.1, 0.15) is 16.9 Å². The molecule has 2 heterocycles. The van der Waals surface area contributed by atoms with Gasteiger partial charge in [0.15, 0.2) is 5.01 Å². The number of hydrogen-bond acceptors (Lipinski definition) is 5. The highest BCUT2D eigenvalue weighted by Crippen LogP contribution is 2.37. The summed E-state index contributed by atoms with van der Waals surface area (Å²) >= 11 is 3.30. The monoisotopic (exact) mass is 223 g/mol. The van der Waals surface area contributed by atoms with Crippen LogP contribution in [0.4, 0.5) is 5.13 Å². The lowest BCUT2D eigenvalue weighted by Gasteiger charge is -1.87. The molecule has 3 nitrogen and oxygen atoms in total. The smallest absolute Gasteiger partial charge is 0.203 e. The lowest BCUT2D eigenvalue weighted by atomic mass is 10.2. The molecule has 1 aliphatic rings. The molecule has 0 atom stereocenters. The van der Waals surface area contributed by atoms with Crippen LogP contribution in [-0.4, -0.2) is 10.2 Å². The van der Waals surface area contributed by atoms with Gasteiger partial charge in [-0.05, 0) is 30.9 Å². The standard InChI is InChI=1S/C9H9N3S2/c10-9-12-11-8(14-9)7-4-5-2-1-3-6(5)13-7/h4H,1-3H2,(H2,10,12). The van der Waals surface area contributed by atoms with Crippen LogP contribution >= 0.6 is 22.7 Å². The van der Waals surface area contributed by atoms with Crippen LogP contribution < -0.4 is 5.73 Å². The average molecular weight is 223 g/mol. The van der Waals surface area contributed by atoms with E-state index in [1.807, 2.05) is 11.3 Å². The molecule has 0 unspecified atom stereocenters. The molecule has 1 aliphatic carbocycles. The van der Waals surface area contributed by atoms with Crippen molar-refractivity contribution in [3.05, 3.63) is 16.5 Å². The van der Waals surface area contributed by atoms with E-state index in [1.54, 1.807) is 0 Å². The number of thiophene rings is 1. The van der Waals surface area contributed by atoms with Crippen molar-refractivity contribution < 1.29 is 0 Å². The number of fused-ring (bicyclic) bond motifs is 1. The largest absolute Gasteiger partial charge is 0.374 e. The van der Waals surface area contributed by atoms with E-state index in [9.17, 15) is 0 Å². The van der Waals surface area contributed by atoms with Crippen molar-refractivity contribution in [1.29, 1.82) is 0 Å². The van der Waals surface area contributed by atoms with Crippen molar-refractivity contribution >= 4 is 27.8 Å². The molecule has 3 rings (SSSR count). The van der Waals surface area contributed by atoms with E-state index < -0.39 is 0 Å². The highest BCUT2D eigenvalue weighted by Gasteiger charge is 2.17. The molecule has 0 bridgehead atoms. The molecule has 0 amide bonds. The molecule has 2 aromatic heterocycles. The van der Waals surface area contributed by atoms with Crippen molar-refractivity contribution in [2.24, 2.45) is 0 Å². The van der Waals surface area contributed by atoms with Gasteiger partial charge in [0.2, 0.25) is 5.13 Å². The van der Waals surface area contributed by atoms with Gasteiger partial charge in [-0.1, -0.05) is 11.3 Å². The van der Waals surface area contributed by atoms with Gasteiger partial charge >= 0.3 is 0 Å². The third-order valence-corrected chi connectivity index (χ3v) is 4.56. The van der Waals surface area contributed by atoms with E-state index >= 15 is 0 Å². The fraction of sp³-hybridized carbons (Fsp3) is 0.333. The molecule has 0 aromatic carbocycles. The van der Waals surface area contributed by atoms with Crippen LogP contribution in [-0.2, 0) is 12.8 Å². The molecule has 2 N–H and O–H groups in total. The van der Waals surface area contributed by atoms with Crippen molar-refractivity contribution in [3.63, 3.8) is 0 Å². The van der Waals surface area contributed by atoms with Gasteiger partial charge in [0.25, 0.3) is 0 Å². The van der Waals surface area contributed by atoms with Crippen LogP contribution in [0.5, 0.6) is 0 Å². The highest BCUT2D eigenvalue weighted by molar-refractivity contribution is 7.23. The zero-order valence-electron chi connectivity index (χ0n) is 7.49. The van der Waals surface area contributed by atoms with E-state index in [2.05, 4.69) is 16.3 Å². The number of hydrogen-bond donors (Lipinski definition) is 1. The number of nitrogens with two attached hydrogens (primary N) is 1. The first-order valence-corrected chi connectivity index (χ1v) is 6.17. The molecule has 5 heteroatoms. The molecule has 0 saturated carbocycles. The topological polar surface area (TPSA) is 51.8 Å². The Morgan fingerprint density at radius 3 is 2.86 bits per heavy atom. The first-order chi connectivity index (χ1) is 6.83. The molecule has 0 saturated heterocycles. The van der Waals surface area contributed by atoms with Crippen LogP contribution in [0.25, 0.3) is 9.88 Å². The van der Waals surface area contributed by atoms with Crippen LogP contribution in [0.3, 0.4) is 0 Å². The molecular weight excluding hydrogens is 214 g/mol. The molecule has 0 fully saturated rings.